The summed E-state index contributed by atoms with van der Waals surface area (Å²) in [5.41, 5.74) is -0.0656. The normalized spacial score (nSPS) is 12.8. The van der Waals surface area contributed by atoms with Gasteiger partial charge in [-0.15, -0.1) is 0 Å². The number of halogens is 10. The van der Waals surface area contributed by atoms with Gasteiger partial charge < -0.3 is 4.74 Å². The third-order valence-corrected chi connectivity index (χ3v) is 5.11. The van der Waals surface area contributed by atoms with Crippen LogP contribution in [0.15, 0.2) is 39.9 Å². The predicted octanol–water partition coefficient (Wildman–Crippen LogP) is 6.96. The maximum absolute atomic E-state index is 13.2. The van der Waals surface area contributed by atoms with Crippen molar-refractivity contribution in [3.05, 3.63) is 66.1 Å². The van der Waals surface area contributed by atoms with Gasteiger partial charge in [0.1, 0.15) is 6.61 Å². The van der Waals surface area contributed by atoms with E-state index in [0.717, 1.165) is 12.1 Å². The lowest BCUT2D eigenvalue weighted by atomic mass is 10.2. The number of benzene rings is 2. The van der Waals surface area contributed by atoms with Crippen molar-refractivity contribution >= 4 is 51.0 Å². The number of nitrogens with one attached hydrogen (secondary N) is 1. The molecule has 0 atom stereocenters. The van der Waals surface area contributed by atoms with E-state index in [1.165, 1.54) is 18.2 Å². The molecule has 180 valence electrons. The largest absolute Gasteiger partial charge is 0.481 e. The van der Waals surface area contributed by atoms with Crippen LogP contribution in [0.3, 0.4) is 0 Å². The van der Waals surface area contributed by atoms with Crippen LogP contribution in [-0.2, 0) is 6.61 Å². The standard InChI is InChI=1S/C17H9BrCl2F7N3O3/c18-10-3-9(6-28-29-17(26,27)15(21,22)16(23,24)25)5-13(30(31)32)14(10)33-7-8-1-2-11(19)12(20)4-8/h1-6,29H,7H2/b28-6-. The molecule has 0 saturated heterocycles. The fraction of sp³-hybridized carbons (Fsp3) is 0.235. The Morgan fingerprint density at radius 3 is 2.27 bits per heavy atom. The van der Waals surface area contributed by atoms with Crippen LogP contribution in [0.1, 0.15) is 11.1 Å². The van der Waals surface area contributed by atoms with E-state index in [2.05, 4.69) is 21.0 Å². The second-order valence-electron chi connectivity index (χ2n) is 6.16. The molecule has 0 bridgehead atoms. The smallest absolute Gasteiger partial charge is 0.462 e. The van der Waals surface area contributed by atoms with E-state index in [9.17, 15) is 40.8 Å². The number of nitro groups is 1. The highest BCUT2D eigenvalue weighted by atomic mass is 79.9. The van der Waals surface area contributed by atoms with Gasteiger partial charge in [-0.2, -0.15) is 35.8 Å². The van der Waals surface area contributed by atoms with Crippen molar-refractivity contribution in [1.29, 1.82) is 0 Å². The molecule has 1 N–H and O–H groups in total. The summed E-state index contributed by atoms with van der Waals surface area (Å²) in [5, 5.41) is 14.5. The van der Waals surface area contributed by atoms with Gasteiger partial charge in [-0.1, -0.05) is 29.3 Å². The molecule has 0 aliphatic heterocycles. The first kappa shape index (κ1) is 26.9. The maximum Gasteiger partial charge on any atom is 0.462 e. The zero-order chi connectivity index (χ0) is 25.2. The number of ether oxygens (including phenoxy) is 1. The van der Waals surface area contributed by atoms with E-state index in [0.29, 0.717) is 17.2 Å². The molecular weight excluding hydrogens is 578 g/mol. The van der Waals surface area contributed by atoms with Gasteiger partial charge in [-0.25, -0.2) is 5.43 Å². The van der Waals surface area contributed by atoms with Crippen LogP contribution in [0.4, 0.5) is 36.4 Å². The molecule has 33 heavy (non-hydrogen) atoms. The highest BCUT2D eigenvalue weighted by molar-refractivity contribution is 9.10. The average molecular weight is 587 g/mol. The van der Waals surface area contributed by atoms with Crippen molar-refractivity contribution in [2.45, 2.75) is 24.8 Å². The van der Waals surface area contributed by atoms with Crippen LogP contribution in [0, 0.1) is 10.1 Å². The van der Waals surface area contributed by atoms with Gasteiger partial charge in [-0.05, 0) is 39.7 Å². The van der Waals surface area contributed by atoms with Crippen LogP contribution in [0.2, 0.25) is 10.0 Å². The van der Waals surface area contributed by atoms with Crippen LogP contribution in [0.5, 0.6) is 5.75 Å². The molecule has 0 spiro atoms. The lowest BCUT2D eigenvalue weighted by Gasteiger charge is -2.27. The van der Waals surface area contributed by atoms with Gasteiger partial charge in [0.25, 0.3) is 0 Å². The molecule has 0 aliphatic rings. The quantitative estimate of drug-likeness (QED) is 0.119. The molecule has 0 unspecified atom stereocenters. The highest BCUT2D eigenvalue weighted by Gasteiger charge is 2.73. The minimum atomic E-state index is -6.55. The van der Waals surface area contributed by atoms with Crippen molar-refractivity contribution in [2.75, 3.05) is 0 Å². The summed E-state index contributed by atoms with van der Waals surface area (Å²) in [4.78, 5) is 10.5. The summed E-state index contributed by atoms with van der Waals surface area (Å²) in [5.74, 6) is -6.71. The second-order valence-corrected chi connectivity index (χ2v) is 7.83. The fourth-order valence-electron chi connectivity index (χ4n) is 2.17. The van der Waals surface area contributed by atoms with E-state index in [1.807, 2.05) is 0 Å². The highest BCUT2D eigenvalue weighted by Crippen LogP contribution is 2.45. The molecule has 0 radical (unpaired) electrons. The van der Waals surface area contributed by atoms with Gasteiger partial charge in [0.05, 0.1) is 25.7 Å². The zero-order valence-corrected chi connectivity index (χ0v) is 18.7. The Kier molecular flexibility index (Phi) is 8.07. The predicted molar refractivity (Wildman–Crippen MR) is 108 cm³/mol. The Morgan fingerprint density at radius 1 is 1.09 bits per heavy atom. The van der Waals surface area contributed by atoms with Gasteiger partial charge in [0.2, 0.25) is 5.75 Å². The average Bonchev–Trinajstić information content (AvgIpc) is 2.68. The zero-order valence-electron chi connectivity index (χ0n) is 15.6. The van der Waals surface area contributed by atoms with Crippen LogP contribution in [-0.4, -0.2) is 29.3 Å². The van der Waals surface area contributed by atoms with Gasteiger partial charge in [0, 0.05) is 11.6 Å². The molecule has 6 nitrogen and oxygen atoms in total. The van der Waals surface area contributed by atoms with Crippen molar-refractivity contribution < 1.29 is 40.4 Å². The number of alkyl halides is 7. The monoisotopic (exact) mass is 585 g/mol. The fourth-order valence-corrected chi connectivity index (χ4v) is 3.08. The van der Waals surface area contributed by atoms with Crippen LogP contribution >= 0.6 is 39.1 Å². The summed E-state index contributed by atoms with van der Waals surface area (Å²) < 4.78 is 93.9. The number of hydrazone groups is 1. The number of rotatable bonds is 8. The Labute approximate surface area is 198 Å². The first-order valence-electron chi connectivity index (χ1n) is 8.24. The van der Waals surface area contributed by atoms with Gasteiger partial charge in [0.15, 0.2) is 0 Å². The second kappa shape index (κ2) is 9.89. The molecule has 2 rings (SSSR count). The van der Waals surface area contributed by atoms with Gasteiger partial charge >= 0.3 is 23.8 Å². The molecular formula is C17H9BrCl2F7N3O3. The Hall–Kier alpha value is -2.32. The number of hydrogen-bond acceptors (Lipinski definition) is 5. The summed E-state index contributed by atoms with van der Waals surface area (Å²) in [6.07, 6.45) is -6.16. The van der Waals surface area contributed by atoms with Crippen molar-refractivity contribution in [2.24, 2.45) is 5.10 Å². The topological polar surface area (TPSA) is 76.8 Å². The minimum Gasteiger partial charge on any atom is -0.481 e. The molecule has 0 heterocycles. The maximum atomic E-state index is 13.2. The Balaban J connectivity index is 2.25. The molecule has 2 aromatic carbocycles. The summed E-state index contributed by atoms with van der Waals surface area (Å²) in [6.45, 7) is -0.190. The summed E-state index contributed by atoms with van der Waals surface area (Å²) in [6, 6.07) is 0.526. The first-order valence-corrected chi connectivity index (χ1v) is 9.79. The summed E-state index contributed by atoms with van der Waals surface area (Å²) >= 11 is 14.6. The SMILES string of the molecule is O=[N+]([O-])c1cc(/C=N\NC(F)(F)C(F)(F)C(F)(F)F)cc(Br)c1OCc1ccc(Cl)c(Cl)c1. The molecule has 0 aromatic heterocycles. The molecule has 16 heteroatoms. The van der Waals surface area contributed by atoms with E-state index in [-0.39, 0.29) is 32.4 Å². The van der Waals surface area contributed by atoms with Crippen molar-refractivity contribution in [1.82, 2.24) is 5.43 Å². The minimum absolute atomic E-state index is 0.0643. The number of nitrogens with zero attached hydrogens (tertiary/aromatic N) is 2. The first-order chi connectivity index (χ1) is 15.1. The third-order valence-electron chi connectivity index (χ3n) is 3.78. The van der Waals surface area contributed by atoms with E-state index < -0.39 is 28.8 Å². The molecule has 0 amide bonds. The number of nitro benzene ring substituents is 1. The van der Waals surface area contributed by atoms with Gasteiger partial charge in [-0.3, -0.25) is 10.1 Å². The Morgan fingerprint density at radius 2 is 1.73 bits per heavy atom. The van der Waals surface area contributed by atoms with E-state index >= 15 is 0 Å². The number of hydrogen-bond donors (Lipinski definition) is 1. The molecule has 2 aromatic rings. The summed E-state index contributed by atoms with van der Waals surface area (Å²) in [7, 11) is 0. The Bertz CT molecular complexity index is 1080. The molecule has 0 saturated carbocycles. The third kappa shape index (κ3) is 6.18. The van der Waals surface area contributed by atoms with Crippen molar-refractivity contribution in [3.63, 3.8) is 0 Å². The lowest BCUT2D eigenvalue weighted by Crippen LogP contribution is -2.58. The lowest BCUT2D eigenvalue weighted by molar-refractivity contribution is -0.386. The van der Waals surface area contributed by atoms with Crippen LogP contribution in [0.25, 0.3) is 0 Å². The van der Waals surface area contributed by atoms with E-state index in [4.69, 9.17) is 27.9 Å². The molecule has 0 aliphatic carbocycles. The molecule has 0 fully saturated rings. The van der Waals surface area contributed by atoms with Crippen molar-refractivity contribution in [3.8, 4) is 5.75 Å². The van der Waals surface area contributed by atoms with E-state index in [1.54, 1.807) is 0 Å². The van der Waals surface area contributed by atoms with Crippen LogP contribution < -0.4 is 10.2 Å².